The van der Waals surface area contributed by atoms with Crippen LogP contribution in [0.15, 0.2) is 29.6 Å². The summed E-state index contributed by atoms with van der Waals surface area (Å²) in [5.41, 5.74) is 0.744. The van der Waals surface area contributed by atoms with E-state index in [2.05, 4.69) is 10.2 Å². The summed E-state index contributed by atoms with van der Waals surface area (Å²) in [7, 11) is -2.99. The SMILES string of the molecule is O=C(CSc1nnc2ccccn12)N(C1CC1)[C@H]1CCS(=O)(=O)C1. The van der Waals surface area contributed by atoms with Crippen LogP contribution in [0.1, 0.15) is 19.3 Å². The van der Waals surface area contributed by atoms with Crippen LogP contribution in [0, 0.1) is 0 Å². The average molecular weight is 366 g/mol. The molecule has 3 heterocycles. The minimum atomic E-state index is -2.99. The third-order valence-corrected chi connectivity index (χ3v) is 7.12. The van der Waals surface area contributed by atoms with Gasteiger partial charge in [0, 0.05) is 18.3 Å². The van der Waals surface area contributed by atoms with Crippen molar-refractivity contribution in [2.45, 2.75) is 36.5 Å². The molecular formula is C15H18N4O3S2. The van der Waals surface area contributed by atoms with Crippen molar-refractivity contribution in [2.75, 3.05) is 17.3 Å². The van der Waals surface area contributed by atoms with Crippen LogP contribution < -0.4 is 0 Å². The molecule has 7 nitrogen and oxygen atoms in total. The van der Waals surface area contributed by atoms with Crippen molar-refractivity contribution in [2.24, 2.45) is 0 Å². The maximum absolute atomic E-state index is 12.7. The van der Waals surface area contributed by atoms with E-state index < -0.39 is 9.84 Å². The minimum Gasteiger partial charge on any atom is -0.335 e. The van der Waals surface area contributed by atoms with Crippen LogP contribution in [0.3, 0.4) is 0 Å². The molecule has 2 fully saturated rings. The van der Waals surface area contributed by atoms with Crippen LogP contribution in [0.2, 0.25) is 0 Å². The van der Waals surface area contributed by atoms with Gasteiger partial charge in [0.05, 0.1) is 17.3 Å². The highest BCUT2D eigenvalue weighted by atomic mass is 32.2. The van der Waals surface area contributed by atoms with Crippen molar-refractivity contribution in [3.63, 3.8) is 0 Å². The van der Waals surface area contributed by atoms with Crippen molar-refractivity contribution in [3.8, 4) is 0 Å². The topological polar surface area (TPSA) is 84.6 Å². The third kappa shape index (κ3) is 3.14. The lowest BCUT2D eigenvalue weighted by atomic mass is 10.2. The van der Waals surface area contributed by atoms with Crippen molar-refractivity contribution < 1.29 is 13.2 Å². The van der Waals surface area contributed by atoms with Gasteiger partial charge in [-0.05, 0) is 31.4 Å². The third-order valence-electron chi connectivity index (χ3n) is 4.44. The molecule has 0 aromatic carbocycles. The van der Waals surface area contributed by atoms with Gasteiger partial charge in [-0.3, -0.25) is 9.20 Å². The van der Waals surface area contributed by atoms with Crippen LogP contribution in [0.4, 0.5) is 0 Å². The van der Waals surface area contributed by atoms with E-state index in [1.165, 1.54) is 11.8 Å². The number of amides is 1. The van der Waals surface area contributed by atoms with Crippen LogP contribution >= 0.6 is 11.8 Å². The van der Waals surface area contributed by atoms with Crippen molar-refractivity contribution >= 4 is 33.2 Å². The molecule has 1 aliphatic heterocycles. The van der Waals surface area contributed by atoms with E-state index in [1.54, 1.807) is 0 Å². The number of aromatic nitrogens is 3. The summed E-state index contributed by atoms with van der Waals surface area (Å²) >= 11 is 1.35. The molecule has 1 atom stereocenters. The predicted molar refractivity (Wildman–Crippen MR) is 90.6 cm³/mol. The van der Waals surface area contributed by atoms with E-state index in [0.717, 1.165) is 18.5 Å². The van der Waals surface area contributed by atoms with Crippen LogP contribution in [-0.4, -0.2) is 63.2 Å². The van der Waals surface area contributed by atoms with Gasteiger partial charge in [-0.1, -0.05) is 17.8 Å². The second-order valence-corrected chi connectivity index (χ2v) is 9.46. The Morgan fingerprint density at radius 2 is 2.08 bits per heavy atom. The highest BCUT2D eigenvalue weighted by Gasteiger charge is 2.41. The van der Waals surface area contributed by atoms with Crippen molar-refractivity contribution in [1.82, 2.24) is 19.5 Å². The summed E-state index contributed by atoms with van der Waals surface area (Å²) in [6.45, 7) is 0. The van der Waals surface area contributed by atoms with Crippen LogP contribution in [0.5, 0.6) is 0 Å². The van der Waals surface area contributed by atoms with Crippen LogP contribution in [0.25, 0.3) is 5.65 Å². The maximum atomic E-state index is 12.7. The molecule has 24 heavy (non-hydrogen) atoms. The molecule has 2 aromatic heterocycles. The van der Waals surface area contributed by atoms with E-state index in [-0.39, 0.29) is 35.2 Å². The van der Waals surface area contributed by atoms with Gasteiger partial charge in [-0.25, -0.2) is 8.42 Å². The number of carbonyl (C=O) groups is 1. The molecule has 1 amide bonds. The Hall–Kier alpha value is -1.61. The van der Waals surface area contributed by atoms with Gasteiger partial charge in [0.25, 0.3) is 0 Å². The summed E-state index contributed by atoms with van der Waals surface area (Å²) < 4.78 is 25.3. The Balaban J connectivity index is 1.46. The number of carbonyl (C=O) groups excluding carboxylic acids is 1. The molecule has 0 unspecified atom stereocenters. The molecule has 1 saturated carbocycles. The lowest BCUT2D eigenvalue weighted by Crippen LogP contribution is -2.43. The van der Waals surface area contributed by atoms with E-state index in [4.69, 9.17) is 0 Å². The Morgan fingerprint density at radius 1 is 1.25 bits per heavy atom. The van der Waals surface area contributed by atoms with Gasteiger partial charge in [0.2, 0.25) is 5.91 Å². The Bertz CT molecular complexity index is 876. The average Bonchev–Trinajstić information content (AvgIpc) is 3.19. The number of nitrogens with zero attached hydrogens (tertiary/aromatic N) is 4. The van der Waals surface area contributed by atoms with Crippen molar-refractivity contribution in [1.29, 1.82) is 0 Å². The highest BCUT2D eigenvalue weighted by molar-refractivity contribution is 7.99. The number of hydrogen-bond acceptors (Lipinski definition) is 6. The van der Waals surface area contributed by atoms with E-state index in [9.17, 15) is 13.2 Å². The summed E-state index contributed by atoms with van der Waals surface area (Å²) in [6, 6.07) is 5.69. The Kier molecular flexibility index (Phi) is 4.00. The second-order valence-electron chi connectivity index (χ2n) is 6.29. The zero-order valence-electron chi connectivity index (χ0n) is 13.0. The van der Waals surface area contributed by atoms with Gasteiger partial charge >= 0.3 is 0 Å². The zero-order valence-corrected chi connectivity index (χ0v) is 14.7. The fourth-order valence-corrected chi connectivity index (χ4v) is 5.68. The minimum absolute atomic E-state index is 0.00252. The largest absolute Gasteiger partial charge is 0.335 e. The van der Waals surface area contributed by atoms with Crippen LogP contribution in [-0.2, 0) is 14.6 Å². The fraction of sp³-hybridized carbons (Fsp3) is 0.533. The van der Waals surface area contributed by atoms with Gasteiger partial charge in [-0.15, -0.1) is 10.2 Å². The van der Waals surface area contributed by atoms with Gasteiger partial charge < -0.3 is 4.90 Å². The first-order valence-corrected chi connectivity index (χ1v) is 10.8. The number of pyridine rings is 1. The first-order valence-electron chi connectivity index (χ1n) is 7.98. The second kappa shape index (κ2) is 6.03. The monoisotopic (exact) mass is 366 g/mol. The van der Waals surface area contributed by atoms with Crippen molar-refractivity contribution in [3.05, 3.63) is 24.4 Å². The van der Waals surface area contributed by atoms with E-state index in [1.807, 2.05) is 33.7 Å². The highest BCUT2D eigenvalue weighted by Crippen LogP contribution is 2.33. The summed E-state index contributed by atoms with van der Waals surface area (Å²) in [4.78, 5) is 14.5. The van der Waals surface area contributed by atoms with E-state index in [0.29, 0.717) is 11.6 Å². The Morgan fingerprint density at radius 3 is 2.79 bits per heavy atom. The zero-order chi connectivity index (χ0) is 16.7. The summed E-state index contributed by atoms with van der Waals surface area (Å²) in [5, 5.41) is 8.87. The smallest absolute Gasteiger partial charge is 0.233 e. The number of hydrogen-bond donors (Lipinski definition) is 0. The molecule has 4 rings (SSSR count). The first-order chi connectivity index (χ1) is 11.5. The number of thioether (sulfide) groups is 1. The molecule has 2 aromatic rings. The van der Waals surface area contributed by atoms with E-state index >= 15 is 0 Å². The van der Waals surface area contributed by atoms with Gasteiger partial charge in [0.1, 0.15) is 0 Å². The molecule has 2 aliphatic rings. The molecule has 0 radical (unpaired) electrons. The first kappa shape index (κ1) is 15.9. The molecule has 0 spiro atoms. The quantitative estimate of drug-likeness (QED) is 0.734. The molecule has 1 saturated heterocycles. The standard InChI is InChI=1S/C15H18N4O3S2/c20-14(9-23-15-17-16-13-3-1-2-7-18(13)15)19(11-4-5-11)12-6-8-24(21,22)10-12/h1-3,7,11-12H,4-6,8-10H2/t12-/m0/s1. The molecular weight excluding hydrogens is 348 g/mol. The molecule has 128 valence electrons. The maximum Gasteiger partial charge on any atom is 0.233 e. The fourth-order valence-electron chi connectivity index (χ4n) is 3.17. The Labute approximate surface area is 144 Å². The molecule has 0 bridgehead atoms. The number of fused-ring (bicyclic) bond motifs is 1. The summed E-state index contributed by atoms with van der Waals surface area (Å²) in [5.74, 6) is 0.546. The molecule has 1 aliphatic carbocycles. The van der Waals surface area contributed by atoms with Gasteiger partial charge in [-0.2, -0.15) is 0 Å². The van der Waals surface area contributed by atoms with Gasteiger partial charge in [0.15, 0.2) is 20.6 Å². The number of rotatable bonds is 5. The predicted octanol–water partition coefficient (Wildman–Crippen LogP) is 0.999. The molecule has 0 N–H and O–H groups in total. The lowest BCUT2D eigenvalue weighted by Gasteiger charge is -2.28. The summed E-state index contributed by atoms with van der Waals surface area (Å²) in [6.07, 6.45) is 4.37. The lowest BCUT2D eigenvalue weighted by molar-refractivity contribution is -0.130. The molecule has 9 heteroatoms. The number of sulfone groups is 1. The normalized spacial score (nSPS) is 22.8.